The first-order chi connectivity index (χ1) is 30.3. The molecular weight excluding hydrogens is 785 g/mol. The minimum Gasteiger partial charge on any atom is -0.460 e. The zero-order valence-corrected chi connectivity index (χ0v) is 35.4. The van der Waals surface area contributed by atoms with E-state index in [1.807, 2.05) is 60.7 Å². The van der Waals surface area contributed by atoms with Crippen LogP contribution in [0.1, 0.15) is 27.0 Å². The van der Waals surface area contributed by atoms with Gasteiger partial charge in [-0.05, 0) is 28.8 Å². The van der Waals surface area contributed by atoms with E-state index in [2.05, 4.69) is 36.4 Å². The van der Waals surface area contributed by atoms with E-state index in [1.54, 1.807) is 24.3 Å². The molecule has 4 rings (SSSR count). The Morgan fingerprint density at radius 3 is 0.803 bits per heavy atom. The van der Waals surface area contributed by atoms with E-state index in [9.17, 15) is 4.79 Å². The number of carbonyl (C=O) groups is 1. The fraction of sp³-hybridized carbons (Fsp3) is 0.479. The Labute approximate surface area is 361 Å². The quantitative estimate of drug-likeness (QED) is 0.0297. The van der Waals surface area contributed by atoms with E-state index in [1.165, 1.54) is 0 Å². The second kappa shape index (κ2) is 33.5. The highest BCUT2D eigenvalue weighted by Crippen LogP contribution is 2.40. The Bertz CT molecular complexity index is 1500. The number of benzene rings is 4. The van der Waals surface area contributed by atoms with Crippen LogP contribution in [0, 0.1) is 0 Å². The lowest BCUT2D eigenvalue weighted by Crippen LogP contribution is -2.34. The molecule has 334 valence electrons. The summed E-state index contributed by atoms with van der Waals surface area (Å²) in [7, 11) is 0. The van der Waals surface area contributed by atoms with Gasteiger partial charge in [-0.25, -0.2) is 4.79 Å². The highest BCUT2D eigenvalue weighted by atomic mass is 16.6. The van der Waals surface area contributed by atoms with Crippen LogP contribution in [0.15, 0.2) is 121 Å². The van der Waals surface area contributed by atoms with E-state index in [0.29, 0.717) is 144 Å². The highest BCUT2D eigenvalue weighted by Gasteiger charge is 2.37. The summed E-state index contributed by atoms with van der Waals surface area (Å²) >= 11 is 0. The second-order valence-corrected chi connectivity index (χ2v) is 13.3. The average Bonchev–Trinajstić information content (AvgIpc) is 3.31. The molecule has 0 saturated heterocycles. The van der Waals surface area contributed by atoms with Crippen molar-refractivity contribution in [3.63, 3.8) is 0 Å². The topological polar surface area (TPSA) is 128 Å². The minimum absolute atomic E-state index is 0.197. The van der Waals surface area contributed by atoms with Crippen molar-refractivity contribution in [3.8, 4) is 0 Å². The number of rotatable bonds is 38. The van der Waals surface area contributed by atoms with Gasteiger partial charge in [-0.1, -0.05) is 109 Å². The molecule has 0 heterocycles. The Balaban J connectivity index is 0.841. The van der Waals surface area contributed by atoms with Crippen molar-refractivity contribution >= 4 is 5.97 Å². The van der Waals surface area contributed by atoms with Crippen LogP contribution in [0.25, 0.3) is 0 Å². The fourth-order valence-corrected chi connectivity index (χ4v) is 5.95. The number of hydrogen-bond donors (Lipinski definition) is 0. The number of ether oxygens (including phenoxy) is 12. The first-order valence-corrected chi connectivity index (χ1v) is 21.1. The number of esters is 1. The number of carbonyl (C=O) groups excluding carboxylic acids is 1. The molecule has 0 unspecified atom stereocenters. The molecule has 13 nitrogen and oxygen atoms in total. The second-order valence-electron chi connectivity index (χ2n) is 13.3. The summed E-state index contributed by atoms with van der Waals surface area (Å²) in [6.07, 6.45) is 0. The highest BCUT2D eigenvalue weighted by molar-refractivity contribution is 5.89. The minimum atomic E-state index is -0.758. The van der Waals surface area contributed by atoms with Gasteiger partial charge in [0.15, 0.2) is 0 Å². The maximum Gasteiger partial charge on any atom is 0.338 e. The molecule has 0 fully saturated rings. The molecule has 0 radical (unpaired) electrons. The summed E-state index contributed by atoms with van der Waals surface area (Å²) in [6.45, 7) is 9.88. The van der Waals surface area contributed by atoms with Crippen LogP contribution in [-0.4, -0.2) is 151 Å². The van der Waals surface area contributed by atoms with Gasteiger partial charge in [0.25, 0.3) is 0 Å². The first-order valence-electron chi connectivity index (χ1n) is 21.1. The van der Waals surface area contributed by atoms with Gasteiger partial charge in [0.2, 0.25) is 0 Å². The van der Waals surface area contributed by atoms with Crippen LogP contribution in [0.4, 0.5) is 0 Å². The lowest BCUT2D eigenvalue weighted by molar-refractivity contribution is -0.0399. The molecule has 0 bridgehead atoms. The van der Waals surface area contributed by atoms with Crippen molar-refractivity contribution in [1.29, 1.82) is 0 Å². The maximum atomic E-state index is 11.8. The van der Waals surface area contributed by atoms with E-state index in [-0.39, 0.29) is 12.6 Å². The third kappa shape index (κ3) is 21.0. The van der Waals surface area contributed by atoms with Crippen LogP contribution in [0.2, 0.25) is 0 Å². The molecule has 4 aromatic carbocycles. The van der Waals surface area contributed by atoms with Crippen molar-refractivity contribution in [1.82, 2.24) is 0 Å². The normalized spacial score (nSPS) is 11.5. The number of hydrogen-bond acceptors (Lipinski definition) is 13. The van der Waals surface area contributed by atoms with Crippen LogP contribution >= 0.6 is 0 Å². The fourth-order valence-electron chi connectivity index (χ4n) is 5.95. The SMILES string of the molecule is O=C(OCCOCCOCCOCCOCCOCCOCCOCCOCCOCCOCCOC(c1ccccc1)(c1ccccc1)c1ccccc1)c1ccccc1. The molecule has 0 atom stereocenters. The lowest BCUT2D eigenvalue weighted by Gasteiger charge is -2.36. The van der Waals surface area contributed by atoms with E-state index < -0.39 is 5.60 Å². The summed E-state index contributed by atoms with van der Waals surface area (Å²) < 4.78 is 67.5. The zero-order chi connectivity index (χ0) is 42.6. The van der Waals surface area contributed by atoms with Crippen molar-refractivity contribution in [2.75, 3.05) is 145 Å². The molecule has 4 aromatic rings. The Kier molecular flexibility index (Phi) is 27.2. The van der Waals surface area contributed by atoms with Gasteiger partial charge in [0.05, 0.1) is 144 Å². The van der Waals surface area contributed by atoms with Gasteiger partial charge in [-0.2, -0.15) is 0 Å². The van der Waals surface area contributed by atoms with Crippen molar-refractivity contribution in [2.45, 2.75) is 5.60 Å². The molecule has 0 N–H and O–H groups in total. The van der Waals surface area contributed by atoms with Gasteiger partial charge in [0, 0.05) is 0 Å². The first kappa shape index (κ1) is 49.6. The van der Waals surface area contributed by atoms with Crippen molar-refractivity contribution in [3.05, 3.63) is 144 Å². The van der Waals surface area contributed by atoms with E-state index >= 15 is 0 Å². The third-order valence-corrected chi connectivity index (χ3v) is 8.91. The zero-order valence-electron chi connectivity index (χ0n) is 35.4. The maximum absolute atomic E-state index is 11.8. The molecule has 0 aromatic heterocycles. The van der Waals surface area contributed by atoms with Crippen LogP contribution in [-0.2, 0) is 62.4 Å². The molecule has 0 spiro atoms. The summed E-state index contributed by atoms with van der Waals surface area (Å²) in [4.78, 5) is 11.8. The predicted octanol–water partition coefficient (Wildman–Crippen LogP) is 6.02. The largest absolute Gasteiger partial charge is 0.460 e. The predicted molar refractivity (Wildman–Crippen MR) is 230 cm³/mol. The van der Waals surface area contributed by atoms with E-state index in [4.69, 9.17) is 56.8 Å². The summed E-state index contributed by atoms with van der Waals surface area (Å²) in [5.41, 5.74) is 2.95. The summed E-state index contributed by atoms with van der Waals surface area (Å²) in [5.74, 6) is -0.359. The monoisotopic (exact) mass is 848 g/mol. The van der Waals surface area contributed by atoms with Crippen LogP contribution in [0.5, 0.6) is 0 Å². The summed E-state index contributed by atoms with van der Waals surface area (Å²) in [6, 6.07) is 39.8. The lowest BCUT2D eigenvalue weighted by atomic mass is 9.80. The Hall–Kier alpha value is -4.09. The van der Waals surface area contributed by atoms with Gasteiger partial charge >= 0.3 is 5.97 Å². The molecule has 13 heteroatoms. The van der Waals surface area contributed by atoms with Crippen molar-refractivity contribution in [2.24, 2.45) is 0 Å². The third-order valence-electron chi connectivity index (χ3n) is 8.91. The average molecular weight is 849 g/mol. The van der Waals surface area contributed by atoms with E-state index in [0.717, 1.165) is 16.7 Å². The van der Waals surface area contributed by atoms with Crippen LogP contribution in [0.3, 0.4) is 0 Å². The van der Waals surface area contributed by atoms with Crippen LogP contribution < -0.4 is 0 Å². The summed E-state index contributed by atoms with van der Waals surface area (Å²) in [5, 5.41) is 0. The smallest absolute Gasteiger partial charge is 0.338 e. The van der Waals surface area contributed by atoms with Crippen molar-refractivity contribution < 1.29 is 61.6 Å². The molecule has 0 aliphatic rings. The molecule has 61 heavy (non-hydrogen) atoms. The molecule has 0 aliphatic heterocycles. The van der Waals surface area contributed by atoms with Gasteiger partial charge < -0.3 is 56.8 Å². The van der Waals surface area contributed by atoms with Gasteiger partial charge in [0.1, 0.15) is 12.2 Å². The van der Waals surface area contributed by atoms with Gasteiger partial charge in [-0.3, -0.25) is 0 Å². The van der Waals surface area contributed by atoms with Gasteiger partial charge in [-0.15, -0.1) is 0 Å². The molecule has 0 amide bonds. The Morgan fingerprint density at radius 1 is 0.295 bits per heavy atom. The standard InChI is InChI=1S/C48H64O13/c49-47(43-13-5-1-6-14-43)60-41-39-58-37-35-56-33-31-54-29-27-52-25-23-50-21-22-51-24-26-53-28-30-55-32-34-57-36-38-59-40-42-61-48(44-15-7-2-8-16-44,45-17-9-3-10-18-45)46-19-11-4-12-20-46/h1-20H,21-42H2. The molecular formula is C48H64O13. The molecule has 0 aliphatic carbocycles. The Morgan fingerprint density at radius 2 is 0.525 bits per heavy atom. The molecule has 0 saturated carbocycles.